The minimum atomic E-state index is -0.642. The SMILES string of the molecule is CC[C@@H](C)NC(=O)[C@H](C)N(Cc1cccc(Cl)c1)C(=O)CCCN1C(=O)c2cccc3cccc1c23. The first-order chi connectivity index (χ1) is 17.3. The smallest absolute Gasteiger partial charge is 0.258 e. The molecule has 0 spiro atoms. The van der Waals surface area contributed by atoms with Crippen LogP contribution < -0.4 is 10.2 Å². The van der Waals surface area contributed by atoms with Crippen LogP contribution in [0.25, 0.3) is 10.8 Å². The van der Waals surface area contributed by atoms with Gasteiger partial charge in [-0.2, -0.15) is 0 Å². The first-order valence-corrected chi connectivity index (χ1v) is 12.9. The molecule has 1 N–H and O–H groups in total. The molecule has 0 fully saturated rings. The fraction of sp³-hybridized carbons (Fsp3) is 0.345. The molecule has 4 rings (SSSR count). The molecule has 3 aromatic rings. The van der Waals surface area contributed by atoms with Gasteiger partial charge < -0.3 is 15.1 Å². The van der Waals surface area contributed by atoms with E-state index in [9.17, 15) is 14.4 Å². The molecule has 0 saturated carbocycles. The predicted molar refractivity (Wildman–Crippen MR) is 144 cm³/mol. The van der Waals surface area contributed by atoms with Crippen LogP contribution >= 0.6 is 11.6 Å². The van der Waals surface area contributed by atoms with Crippen molar-refractivity contribution in [3.63, 3.8) is 0 Å². The number of amides is 3. The zero-order valence-electron chi connectivity index (χ0n) is 21.0. The number of anilines is 1. The fourth-order valence-corrected chi connectivity index (χ4v) is 4.83. The lowest BCUT2D eigenvalue weighted by molar-refractivity contribution is -0.140. The molecule has 1 aliphatic rings. The van der Waals surface area contributed by atoms with Crippen LogP contribution in [0.2, 0.25) is 5.02 Å². The molecule has 3 aromatic carbocycles. The molecule has 3 amide bonds. The summed E-state index contributed by atoms with van der Waals surface area (Å²) < 4.78 is 0. The number of nitrogens with one attached hydrogen (secondary N) is 1. The van der Waals surface area contributed by atoms with E-state index in [4.69, 9.17) is 11.6 Å². The lowest BCUT2D eigenvalue weighted by Crippen LogP contribution is -2.49. The zero-order chi connectivity index (χ0) is 25.8. The molecular formula is C29H32ClN3O3. The van der Waals surface area contributed by atoms with Crippen molar-refractivity contribution in [3.8, 4) is 0 Å². The van der Waals surface area contributed by atoms with Gasteiger partial charge in [0, 0.05) is 41.5 Å². The molecule has 0 aromatic heterocycles. The molecule has 36 heavy (non-hydrogen) atoms. The van der Waals surface area contributed by atoms with Crippen LogP contribution in [0.1, 0.15) is 56.0 Å². The summed E-state index contributed by atoms with van der Waals surface area (Å²) >= 11 is 6.16. The Bertz CT molecular complexity index is 1290. The Morgan fingerprint density at radius 1 is 1.06 bits per heavy atom. The third-order valence-corrected chi connectivity index (χ3v) is 7.07. The number of carbonyl (C=O) groups is 3. The summed E-state index contributed by atoms with van der Waals surface area (Å²) in [6.07, 6.45) is 1.51. The van der Waals surface area contributed by atoms with Gasteiger partial charge in [-0.3, -0.25) is 14.4 Å². The molecule has 2 atom stereocenters. The standard InChI is InChI=1S/C29H32ClN3O3/c1-4-19(2)31-28(35)20(3)33(18-21-9-5-12-23(30)17-21)26(34)15-8-16-32-25-14-7-11-22-10-6-13-24(27(22)25)29(32)36/h5-7,9-14,17,19-20H,4,8,15-16,18H2,1-3H3,(H,31,35)/t19-,20+/m1/s1. The van der Waals surface area contributed by atoms with Crippen LogP contribution in [0.4, 0.5) is 5.69 Å². The molecule has 0 saturated heterocycles. The maximum absolute atomic E-state index is 13.4. The molecule has 188 valence electrons. The molecule has 6 nitrogen and oxygen atoms in total. The summed E-state index contributed by atoms with van der Waals surface area (Å²) in [5.41, 5.74) is 2.45. The molecule has 1 aliphatic heterocycles. The highest BCUT2D eigenvalue weighted by molar-refractivity contribution is 6.30. The Morgan fingerprint density at radius 3 is 2.50 bits per heavy atom. The average molecular weight is 506 g/mol. The Hall–Kier alpha value is -3.38. The van der Waals surface area contributed by atoms with Gasteiger partial charge in [-0.05, 0) is 61.9 Å². The highest BCUT2D eigenvalue weighted by Gasteiger charge is 2.30. The second-order valence-corrected chi connectivity index (χ2v) is 9.82. The number of carbonyl (C=O) groups excluding carboxylic acids is 3. The molecule has 0 aliphatic carbocycles. The van der Waals surface area contributed by atoms with Gasteiger partial charge >= 0.3 is 0 Å². The molecule has 1 heterocycles. The van der Waals surface area contributed by atoms with Crippen molar-refractivity contribution in [3.05, 3.63) is 76.8 Å². The van der Waals surface area contributed by atoms with E-state index in [0.29, 0.717) is 23.6 Å². The molecule has 0 radical (unpaired) electrons. The van der Waals surface area contributed by atoms with Crippen molar-refractivity contribution in [2.45, 2.75) is 58.7 Å². The quantitative estimate of drug-likeness (QED) is 0.392. The van der Waals surface area contributed by atoms with E-state index in [2.05, 4.69) is 5.32 Å². The first-order valence-electron chi connectivity index (χ1n) is 12.5. The maximum atomic E-state index is 13.4. The number of benzene rings is 3. The number of hydrogen-bond donors (Lipinski definition) is 1. The van der Waals surface area contributed by atoms with Gasteiger partial charge in [0.05, 0.1) is 5.69 Å². The van der Waals surface area contributed by atoms with Crippen molar-refractivity contribution >= 4 is 45.8 Å². The van der Waals surface area contributed by atoms with Crippen LogP contribution in [0.3, 0.4) is 0 Å². The lowest BCUT2D eigenvalue weighted by atomic mass is 10.1. The third kappa shape index (κ3) is 5.39. The van der Waals surface area contributed by atoms with Crippen LogP contribution in [0, 0.1) is 0 Å². The van der Waals surface area contributed by atoms with Crippen molar-refractivity contribution < 1.29 is 14.4 Å². The Balaban J connectivity index is 1.46. The number of halogens is 1. The van der Waals surface area contributed by atoms with E-state index in [1.54, 1.807) is 22.8 Å². The highest BCUT2D eigenvalue weighted by atomic mass is 35.5. The molecule has 7 heteroatoms. The van der Waals surface area contributed by atoms with Crippen molar-refractivity contribution in [1.82, 2.24) is 10.2 Å². The summed E-state index contributed by atoms with van der Waals surface area (Å²) in [4.78, 5) is 42.7. The van der Waals surface area contributed by atoms with E-state index >= 15 is 0 Å². The largest absolute Gasteiger partial charge is 0.352 e. The van der Waals surface area contributed by atoms with E-state index in [1.807, 2.05) is 68.4 Å². The molecule has 0 bridgehead atoms. The van der Waals surface area contributed by atoms with Gasteiger partial charge in [0.25, 0.3) is 5.91 Å². The van der Waals surface area contributed by atoms with Gasteiger partial charge in [-0.1, -0.05) is 54.9 Å². The number of hydrogen-bond acceptors (Lipinski definition) is 3. The van der Waals surface area contributed by atoms with Crippen molar-refractivity contribution in [2.75, 3.05) is 11.4 Å². The molecular weight excluding hydrogens is 474 g/mol. The van der Waals surface area contributed by atoms with Crippen LogP contribution in [-0.4, -0.2) is 41.2 Å². The number of nitrogens with zero attached hydrogens (tertiary/aromatic N) is 2. The summed E-state index contributed by atoms with van der Waals surface area (Å²) in [5, 5.41) is 5.56. The second-order valence-electron chi connectivity index (χ2n) is 9.39. The van der Waals surface area contributed by atoms with Crippen molar-refractivity contribution in [2.24, 2.45) is 0 Å². The minimum absolute atomic E-state index is 0.0218. The molecule has 0 unspecified atom stereocenters. The topological polar surface area (TPSA) is 69.7 Å². The second kappa shape index (κ2) is 11.1. The van der Waals surface area contributed by atoms with E-state index in [1.165, 1.54) is 0 Å². The van der Waals surface area contributed by atoms with Crippen LogP contribution in [-0.2, 0) is 16.1 Å². The van der Waals surface area contributed by atoms with E-state index in [-0.39, 0.29) is 36.7 Å². The van der Waals surface area contributed by atoms with Gasteiger partial charge in [-0.15, -0.1) is 0 Å². The Labute approximate surface area is 217 Å². The maximum Gasteiger partial charge on any atom is 0.258 e. The highest BCUT2D eigenvalue weighted by Crippen LogP contribution is 2.37. The Morgan fingerprint density at radius 2 is 1.78 bits per heavy atom. The van der Waals surface area contributed by atoms with Gasteiger partial charge in [-0.25, -0.2) is 0 Å². The number of rotatable bonds is 10. The zero-order valence-corrected chi connectivity index (χ0v) is 21.7. The van der Waals surface area contributed by atoms with Gasteiger partial charge in [0.2, 0.25) is 11.8 Å². The van der Waals surface area contributed by atoms with Crippen molar-refractivity contribution in [1.29, 1.82) is 0 Å². The lowest BCUT2D eigenvalue weighted by Gasteiger charge is -2.30. The summed E-state index contributed by atoms with van der Waals surface area (Å²) in [6.45, 7) is 6.41. The van der Waals surface area contributed by atoms with E-state index < -0.39 is 6.04 Å². The monoisotopic (exact) mass is 505 g/mol. The summed E-state index contributed by atoms with van der Waals surface area (Å²) in [6, 6.07) is 18.3. The fourth-order valence-electron chi connectivity index (χ4n) is 4.61. The average Bonchev–Trinajstić information content (AvgIpc) is 3.14. The normalized spacial score (nSPS) is 14.1. The van der Waals surface area contributed by atoms with Gasteiger partial charge in [0.15, 0.2) is 0 Å². The summed E-state index contributed by atoms with van der Waals surface area (Å²) in [7, 11) is 0. The van der Waals surface area contributed by atoms with Gasteiger partial charge in [0.1, 0.15) is 6.04 Å². The van der Waals surface area contributed by atoms with E-state index in [0.717, 1.165) is 28.4 Å². The van der Waals surface area contributed by atoms with Crippen LogP contribution in [0.5, 0.6) is 0 Å². The third-order valence-electron chi connectivity index (χ3n) is 6.83. The minimum Gasteiger partial charge on any atom is -0.352 e. The predicted octanol–water partition coefficient (Wildman–Crippen LogP) is 5.57. The first kappa shape index (κ1) is 25.7. The van der Waals surface area contributed by atoms with Crippen LogP contribution in [0.15, 0.2) is 60.7 Å². The summed E-state index contributed by atoms with van der Waals surface area (Å²) in [5.74, 6) is -0.355. The Kier molecular flexibility index (Phi) is 7.94.